The lowest BCUT2D eigenvalue weighted by molar-refractivity contribution is -0.119. The number of sulfonamides is 1. The number of halogens is 1. The monoisotopic (exact) mass is 456 g/mol. The molecule has 32 heavy (non-hydrogen) atoms. The number of carbonyl (C=O) groups is 1. The molecule has 1 N–H and O–H groups in total. The molecule has 8 heteroatoms. The molecule has 0 saturated heterocycles. The molecule has 6 nitrogen and oxygen atoms in total. The van der Waals surface area contributed by atoms with Crippen molar-refractivity contribution in [3.05, 3.63) is 89.7 Å². The maximum absolute atomic E-state index is 13.3. The maximum Gasteiger partial charge on any atom is 0.264 e. The van der Waals surface area contributed by atoms with E-state index in [2.05, 4.69) is 5.32 Å². The van der Waals surface area contributed by atoms with E-state index in [0.717, 1.165) is 33.3 Å². The van der Waals surface area contributed by atoms with E-state index >= 15 is 0 Å². The third-order valence-electron chi connectivity index (χ3n) is 4.76. The zero-order chi connectivity index (χ0) is 23.1. The van der Waals surface area contributed by atoms with E-state index < -0.39 is 28.3 Å². The Kier molecular flexibility index (Phi) is 7.48. The highest BCUT2D eigenvalue weighted by Gasteiger charge is 2.27. The van der Waals surface area contributed by atoms with Crippen molar-refractivity contribution in [3.63, 3.8) is 0 Å². The Morgan fingerprint density at radius 3 is 2.38 bits per heavy atom. The van der Waals surface area contributed by atoms with Crippen molar-refractivity contribution < 1.29 is 22.3 Å². The Hall–Kier alpha value is -3.39. The Bertz CT molecular complexity index is 1170. The number of anilines is 1. The normalized spacial score (nSPS) is 11.1. The van der Waals surface area contributed by atoms with E-state index in [0.29, 0.717) is 5.69 Å². The first-order valence-corrected chi connectivity index (χ1v) is 11.5. The summed E-state index contributed by atoms with van der Waals surface area (Å²) in [6.07, 6.45) is 0. The first kappa shape index (κ1) is 23.3. The van der Waals surface area contributed by atoms with Crippen molar-refractivity contribution in [3.8, 4) is 5.75 Å². The Morgan fingerprint density at radius 1 is 1.00 bits per heavy atom. The zero-order valence-electron chi connectivity index (χ0n) is 17.9. The molecule has 0 aliphatic carbocycles. The summed E-state index contributed by atoms with van der Waals surface area (Å²) in [4.78, 5) is 12.5. The zero-order valence-corrected chi connectivity index (χ0v) is 18.7. The lowest BCUT2D eigenvalue weighted by Crippen LogP contribution is -2.41. The standard InChI is InChI=1S/C24H25FN2O4S/c1-18-8-9-19(2)23(16-18)31-15-14-26-24(28)17-27(21-6-4-3-5-7-21)32(29,30)22-12-10-20(25)11-13-22/h3-13,16H,14-15,17H2,1-2H3,(H,26,28). The SMILES string of the molecule is Cc1ccc(C)c(OCCNC(=O)CN(c2ccccc2)S(=O)(=O)c2ccc(F)cc2)c1. The Labute approximate surface area is 187 Å². The highest BCUT2D eigenvalue weighted by Crippen LogP contribution is 2.23. The average Bonchev–Trinajstić information content (AvgIpc) is 2.78. The second-order valence-corrected chi connectivity index (χ2v) is 9.13. The second-order valence-electron chi connectivity index (χ2n) is 7.27. The maximum atomic E-state index is 13.3. The minimum atomic E-state index is -4.08. The number of para-hydroxylation sites is 1. The highest BCUT2D eigenvalue weighted by atomic mass is 32.2. The highest BCUT2D eigenvalue weighted by molar-refractivity contribution is 7.92. The van der Waals surface area contributed by atoms with Gasteiger partial charge in [-0.1, -0.05) is 30.3 Å². The molecule has 0 heterocycles. The molecule has 0 aliphatic heterocycles. The predicted molar refractivity (Wildman–Crippen MR) is 122 cm³/mol. The quantitative estimate of drug-likeness (QED) is 0.497. The molecular weight excluding hydrogens is 431 g/mol. The van der Waals surface area contributed by atoms with Gasteiger partial charge in [0.1, 0.15) is 24.7 Å². The molecule has 0 fully saturated rings. The van der Waals surface area contributed by atoms with Gasteiger partial charge in [-0.2, -0.15) is 0 Å². The van der Waals surface area contributed by atoms with Gasteiger partial charge in [-0.05, 0) is 67.4 Å². The van der Waals surface area contributed by atoms with Crippen LogP contribution in [0.1, 0.15) is 11.1 Å². The number of amides is 1. The van der Waals surface area contributed by atoms with Gasteiger partial charge in [0.05, 0.1) is 17.1 Å². The molecule has 0 aromatic heterocycles. The number of carbonyl (C=O) groups excluding carboxylic acids is 1. The molecule has 0 aliphatic rings. The molecular formula is C24H25FN2O4S. The summed E-state index contributed by atoms with van der Waals surface area (Å²) in [7, 11) is -4.08. The summed E-state index contributed by atoms with van der Waals surface area (Å²) >= 11 is 0. The number of hydrogen-bond acceptors (Lipinski definition) is 4. The number of ether oxygens (including phenoxy) is 1. The van der Waals surface area contributed by atoms with E-state index in [9.17, 15) is 17.6 Å². The van der Waals surface area contributed by atoms with Crippen LogP contribution in [0.4, 0.5) is 10.1 Å². The van der Waals surface area contributed by atoms with Crippen LogP contribution in [0.25, 0.3) is 0 Å². The molecule has 3 rings (SSSR count). The van der Waals surface area contributed by atoms with Crippen molar-refractivity contribution in [2.45, 2.75) is 18.7 Å². The van der Waals surface area contributed by atoms with Crippen LogP contribution in [0.3, 0.4) is 0 Å². The Balaban J connectivity index is 1.68. The van der Waals surface area contributed by atoms with E-state index in [1.165, 1.54) is 12.1 Å². The van der Waals surface area contributed by atoms with Crippen LogP contribution in [0.15, 0.2) is 77.7 Å². The molecule has 0 unspecified atom stereocenters. The van der Waals surface area contributed by atoms with Crippen molar-refractivity contribution in [2.75, 3.05) is 24.0 Å². The van der Waals surface area contributed by atoms with Gasteiger partial charge in [0.2, 0.25) is 5.91 Å². The summed E-state index contributed by atoms with van der Waals surface area (Å²) < 4.78 is 46.3. The number of nitrogens with zero attached hydrogens (tertiary/aromatic N) is 1. The number of nitrogens with one attached hydrogen (secondary N) is 1. The van der Waals surface area contributed by atoms with Crippen LogP contribution < -0.4 is 14.4 Å². The van der Waals surface area contributed by atoms with E-state index in [4.69, 9.17) is 4.74 Å². The second kappa shape index (κ2) is 10.3. The third-order valence-corrected chi connectivity index (χ3v) is 6.55. The number of hydrogen-bond donors (Lipinski definition) is 1. The lowest BCUT2D eigenvalue weighted by Gasteiger charge is -2.24. The van der Waals surface area contributed by atoms with Crippen LogP contribution in [0.5, 0.6) is 5.75 Å². The third kappa shape index (κ3) is 5.85. The number of benzene rings is 3. The van der Waals surface area contributed by atoms with Crippen LogP contribution >= 0.6 is 0 Å². The summed E-state index contributed by atoms with van der Waals surface area (Å²) in [6.45, 7) is 3.93. The molecule has 3 aromatic rings. The van der Waals surface area contributed by atoms with Crippen molar-refractivity contribution >= 4 is 21.6 Å². The first-order chi connectivity index (χ1) is 15.3. The molecule has 3 aromatic carbocycles. The van der Waals surface area contributed by atoms with Gasteiger partial charge < -0.3 is 10.1 Å². The number of rotatable bonds is 9. The van der Waals surface area contributed by atoms with E-state index in [1.807, 2.05) is 32.0 Å². The van der Waals surface area contributed by atoms with E-state index in [-0.39, 0.29) is 18.0 Å². The fourth-order valence-electron chi connectivity index (χ4n) is 3.04. The lowest BCUT2D eigenvalue weighted by atomic mass is 10.1. The number of aryl methyl sites for hydroxylation is 2. The van der Waals surface area contributed by atoms with Gasteiger partial charge in [0, 0.05) is 0 Å². The summed E-state index contributed by atoms with van der Waals surface area (Å²) in [6, 6.07) is 18.7. The van der Waals surface area contributed by atoms with Crippen molar-refractivity contribution in [1.29, 1.82) is 0 Å². The molecule has 0 radical (unpaired) electrons. The summed E-state index contributed by atoms with van der Waals surface area (Å²) in [5.74, 6) is -0.287. The van der Waals surface area contributed by atoms with Gasteiger partial charge in [-0.15, -0.1) is 0 Å². The molecule has 0 saturated carbocycles. The smallest absolute Gasteiger partial charge is 0.264 e. The largest absolute Gasteiger partial charge is 0.491 e. The minimum Gasteiger partial charge on any atom is -0.491 e. The van der Waals surface area contributed by atoms with Gasteiger partial charge in [-0.3, -0.25) is 9.10 Å². The van der Waals surface area contributed by atoms with Crippen LogP contribution in [0.2, 0.25) is 0 Å². The Morgan fingerprint density at radius 2 is 1.69 bits per heavy atom. The molecule has 0 spiro atoms. The van der Waals surface area contributed by atoms with Crippen molar-refractivity contribution in [1.82, 2.24) is 5.32 Å². The summed E-state index contributed by atoms with van der Waals surface area (Å²) in [5.41, 5.74) is 2.39. The predicted octanol–water partition coefficient (Wildman–Crippen LogP) is 3.83. The fraction of sp³-hybridized carbons (Fsp3) is 0.208. The van der Waals surface area contributed by atoms with Gasteiger partial charge in [0.25, 0.3) is 10.0 Å². The van der Waals surface area contributed by atoms with E-state index in [1.54, 1.807) is 30.3 Å². The molecule has 0 bridgehead atoms. The molecule has 1 amide bonds. The van der Waals surface area contributed by atoms with Crippen LogP contribution in [0, 0.1) is 19.7 Å². The fourth-order valence-corrected chi connectivity index (χ4v) is 4.46. The molecule has 168 valence electrons. The van der Waals surface area contributed by atoms with Crippen LogP contribution in [-0.4, -0.2) is 34.0 Å². The van der Waals surface area contributed by atoms with Gasteiger partial charge >= 0.3 is 0 Å². The topological polar surface area (TPSA) is 75.7 Å². The first-order valence-electron chi connectivity index (χ1n) is 10.1. The van der Waals surface area contributed by atoms with Gasteiger partial charge in [-0.25, -0.2) is 12.8 Å². The van der Waals surface area contributed by atoms with Crippen molar-refractivity contribution in [2.24, 2.45) is 0 Å². The van der Waals surface area contributed by atoms with Gasteiger partial charge in [0.15, 0.2) is 0 Å². The summed E-state index contributed by atoms with van der Waals surface area (Å²) in [5, 5.41) is 2.69. The average molecular weight is 457 g/mol. The minimum absolute atomic E-state index is 0.103. The van der Waals surface area contributed by atoms with Crippen LogP contribution in [-0.2, 0) is 14.8 Å². The molecule has 0 atom stereocenters.